The third-order valence-electron chi connectivity index (χ3n) is 4.01. The van der Waals surface area contributed by atoms with Crippen LogP contribution in [0.5, 0.6) is 0 Å². The quantitative estimate of drug-likeness (QED) is 0.668. The Kier molecular flexibility index (Phi) is 5.04. The van der Waals surface area contributed by atoms with Gasteiger partial charge in [-0.25, -0.2) is 9.18 Å². The van der Waals surface area contributed by atoms with Gasteiger partial charge in [0.05, 0.1) is 0 Å². The van der Waals surface area contributed by atoms with E-state index in [1.807, 2.05) is 32.0 Å². The highest BCUT2D eigenvalue weighted by molar-refractivity contribution is 7.20. The number of carbonyl (C=O) groups is 2. The number of ether oxygens (including phenoxy) is 1. The highest BCUT2D eigenvalue weighted by Crippen LogP contribution is 2.28. The van der Waals surface area contributed by atoms with Crippen LogP contribution in [0.2, 0.25) is 0 Å². The van der Waals surface area contributed by atoms with Gasteiger partial charge in [-0.2, -0.15) is 0 Å². The standard InChI is InChI=1S/C20H18FNO3S/c1-11-7-8-12(2)16(9-11)22-19(23)13(3)25-20(24)18-10-14-15(21)5-4-6-17(14)26-18/h4-10,13H,1-3H3,(H,22,23)/t13-/m1/s1. The molecule has 0 aliphatic rings. The number of halogens is 1. The summed E-state index contributed by atoms with van der Waals surface area (Å²) >= 11 is 1.14. The Labute approximate surface area is 154 Å². The SMILES string of the molecule is Cc1ccc(C)c(NC(=O)[C@@H](C)OC(=O)c2cc3c(F)cccc3s2)c1. The van der Waals surface area contributed by atoms with Crippen molar-refractivity contribution < 1.29 is 18.7 Å². The number of rotatable bonds is 4. The van der Waals surface area contributed by atoms with Gasteiger partial charge in [-0.05, 0) is 56.2 Å². The molecule has 0 saturated heterocycles. The van der Waals surface area contributed by atoms with Gasteiger partial charge in [0.15, 0.2) is 6.10 Å². The van der Waals surface area contributed by atoms with E-state index in [0.717, 1.165) is 22.5 Å². The molecule has 0 spiro atoms. The van der Waals surface area contributed by atoms with Crippen LogP contribution < -0.4 is 5.32 Å². The summed E-state index contributed by atoms with van der Waals surface area (Å²) in [5, 5.41) is 3.14. The Hall–Kier alpha value is -2.73. The van der Waals surface area contributed by atoms with Gasteiger partial charge < -0.3 is 10.1 Å². The van der Waals surface area contributed by atoms with E-state index in [0.29, 0.717) is 15.8 Å². The second-order valence-electron chi connectivity index (χ2n) is 6.12. The molecule has 26 heavy (non-hydrogen) atoms. The number of thiophene rings is 1. The van der Waals surface area contributed by atoms with Crippen molar-refractivity contribution in [2.75, 3.05) is 5.32 Å². The molecule has 1 N–H and O–H groups in total. The van der Waals surface area contributed by atoms with Crippen LogP contribution in [0.4, 0.5) is 10.1 Å². The Morgan fingerprint density at radius 2 is 1.92 bits per heavy atom. The molecule has 1 atom stereocenters. The van der Waals surface area contributed by atoms with Gasteiger partial charge in [0.25, 0.3) is 5.91 Å². The van der Waals surface area contributed by atoms with Gasteiger partial charge in [-0.15, -0.1) is 11.3 Å². The first-order valence-corrected chi connectivity index (χ1v) is 8.94. The van der Waals surface area contributed by atoms with Crippen LogP contribution in [-0.2, 0) is 9.53 Å². The number of carbonyl (C=O) groups excluding carboxylic acids is 2. The Morgan fingerprint density at radius 3 is 2.65 bits per heavy atom. The van der Waals surface area contributed by atoms with Gasteiger partial charge in [-0.3, -0.25) is 4.79 Å². The van der Waals surface area contributed by atoms with Crippen LogP contribution in [-0.4, -0.2) is 18.0 Å². The molecular formula is C20H18FNO3S. The minimum absolute atomic E-state index is 0.261. The summed E-state index contributed by atoms with van der Waals surface area (Å²) in [6, 6.07) is 11.8. The summed E-state index contributed by atoms with van der Waals surface area (Å²) in [7, 11) is 0. The maximum absolute atomic E-state index is 13.8. The fourth-order valence-corrected chi connectivity index (χ4v) is 3.46. The molecule has 1 amide bonds. The van der Waals surface area contributed by atoms with E-state index in [4.69, 9.17) is 4.74 Å². The number of hydrogen-bond donors (Lipinski definition) is 1. The molecule has 0 unspecified atom stereocenters. The van der Waals surface area contributed by atoms with Gasteiger partial charge in [0.2, 0.25) is 0 Å². The van der Waals surface area contributed by atoms with Crippen molar-refractivity contribution in [1.82, 2.24) is 0 Å². The predicted molar refractivity (Wildman–Crippen MR) is 101 cm³/mol. The van der Waals surface area contributed by atoms with Crippen LogP contribution in [0.1, 0.15) is 27.7 Å². The first-order chi connectivity index (χ1) is 12.3. The van der Waals surface area contributed by atoms with Crippen molar-refractivity contribution >= 4 is 39.0 Å². The molecule has 1 heterocycles. The van der Waals surface area contributed by atoms with E-state index in [1.165, 1.54) is 19.1 Å². The Bertz CT molecular complexity index is 996. The van der Waals surface area contributed by atoms with Crippen LogP contribution in [0.25, 0.3) is 10.1 Å². The maximum atomic E-state index is 13.8. The zero-order chi connectivity index (χ0) is 18.8. The predicted octanol–water partition coefficient (Wildman–Crippen LogP) is 4.84. The average molecular weight is 371 g/mol. The molecule has 0 saturated carbocycles. The van der Waals surface area contributed by atoms with Crippen molar-refractivity contribution in [3.63, 3.8) is 0 Å². The summed E-state index contributed by atoms with van der Waals surface area (Å²) in [6.07, 6.45) is -0.975. The van der Waals surface area contributed by atoms with E-state index >= 15 is 0 Å². The average Bonchev–Trinajstić information content (AvgIpc) is 3.04. The largest absolute Gasteiger partial charge is 0.448 e. The second kappa shape index (κ2) is 7.25. The number of benzene rings is 2. The minimum atomic E-state index is -0.975. The molecule has 0 aliphatic carbocycles. The fourth-order valence-electron chi connectivity index (χ4n) is 2.50. The van der Waals surface area contributed by atoms with E-state index in [-0.39, 0.29) is 4.88 Å². The molecular weight excluding hydrogens is 353 g/mol. The molecule has 2 aromatic carbocycles. The number of amides is 1. The van der Waals surface area contributed by atoms with Crippen LogP contribution >= 0.6 is 11.3 Å². The normalized spacial score (nSPS) is 12.0. The minimum Gasteiger partial charge on any atom is -0.448 e. The van der Waals surface area contributed by atoms with Crippen LogP contribution in [0.3, 0.4) is 0 Å². The lowest BCUT2D eigenvalue weighted by atomic mass is 10.1. The summed E-state index contributed by atoms with van der Waals surface area (Å²) in [4.78, 5) is 24.9. The maximum Gasteiger partial charge on any atom is 0.349 e. The molecule has 3 aromatic rings. The second-order valence-corrected chi connectivity index (χ2v) is 7.20. The Balaban J connectivity index is 1.70. The van der Waals surface area contributed by atoms with Gasteiger partial charge in [-0.1, -0.05) is 18.2 Å². The molecule has 134 valence electrons. The molecule has 1 aromatic heterocycles. The molecule has 3 rings (SSSR count). The van der Waals surface area contributed by atoms with E-state index in [1.54, 1.807) is 12.1 Å². The summed E-state index contributed by atoms with van der Waals surface area (Å²) in [5.41, 5.74) is 2.62. The fraction of sp³-hybridized carbons (Fsp3) is 0.200. The highest BCUT2D eigenvalue weighted by Gasteiger charge is 2.21. The van der Waals surface area contributed by atoms with Crippen molar-refractivity contribution in [3.05, 3.63) is 64.3 Å². The summed E-state index contributed by atoms with van der Waals surface area (Å²) < 4.78 is 19.7. The molecule has 6 heteroatoms. The topological polar surface area (TPSA) is 55.4 Å². The lowest BCUT2D eigenvalue weighted by Gasteiger charge is -2.14. The van der Waals surface area contributed by atoms with Gasteiger partial charge >= 0.3 is 5.97 Å². The first kappa shape index (κ1) is 18.1. The highest BCUT2D eigenvalue weighted by atomic mass is 32.1. The first-order valence-electron chi connectivity index (χ1n) is 8.12. The third kappa shape index (κ3) is 3.75. The lowest BCUT2D eigenvalue weighted by molar-refractivity contribution is -0.123. The molecule has 0 radical (unpaired) electrons. The molecule has 0 bridgehead atoms. The van der Waals surface area contributed by atoms with Crippen molar-refractivity contribution in [2.24, 2.45) is 0 Å². The smallest absolute Gasteiger partial charge is 0.349 e. The Morgan fingerprint density at radius 1 is 1.15 bits per heavy atom. The van der Waals surface area contributed by atoms with Crippen molar-refractivity contribution in [3.8, 4) is 0 Å². The lowest BCUT2D eigenvalue weighted by Crippen LogP contribution is -2.30. The zero-order valence-electron chi connectivity index (χ0n) is 14.6. The van der Waals surface area contributed by atoms with Gasteiger partial charge in [0.1, 0.15) is 10.7 Å². The number of nitrogens with one attached hydrogen (secondary N) is 1. The number of anilines is 1. The number of aryl methyl sites for hydroxylation is 2. The number of esters is 1. The monoisotopic (exact) mass is 371 g/mol. The van der Waals surface area contributed by atoms with Crippen molar-refractivity contribution in [2.45, 2.75) is 26.9 Å². The number of hydrogen-bond acceptors (Lipinski definition) is 4. The van der Waals surface area contributed by atoms with Crippen molar-refractivity contribution in [1.29, 1.82) is 0 Å². The van der Waals surface area contributed by atoms with Crippen LogP contribution in [0, 0.1) is 19.7 Å². The molecule has 0 fully saturated rings. The summed E-state index contributed by atoms with van der Waals surface area (Å²) in [5.74, 6) is -1.45. The zero-order valence-corrected chi connectivity index (χ0v) is 15.4. The molecule has 0 aliphatic heterocycles. The third-order valence-corrected chi connectivity index (χ3v) is 5.09. The summed E-state index contributed by atoms with van der Waals surface area (Å²) in [6.45, 7) is 5.32. The van der Waals surface area contributed by atoms with E-state index in [2.05, 4.69) is 5.32 Å². The number of fused-ring (bicyclic) bond motifs is 1. The van der Waals surface area contributed by atoms with E-state index < -0.39 is 23.8 Å². The molecule has 4 nitrogen and oxygen atoms in total. The van der Waals surface area contributed by atoms with Gasteiger partial charge in [0, 0.05) is 15.8 Å². The van der Waals surface area contributed by atoms with Crippen LogP contribution in [0.15, 0.2) is 42.5 Å². The van der Waals surface area contributed by atoms with E-state index in [9.17, 15) is 14.0 Å².